The molecule has 0 aromatic carbocycles. The number of nitrogens with zero attached hydrogens (tertiary/aromatic N) is 6. The molecule has 2 N–H and O–H groups in total. The molecule has 232 valence electrons. The molecule has 6 atom stereocenters. The Kier molecular flexibility index (Phi) is 16.3. The predicted molar refractivity (Wildman–Crippen MR) is 158 cm³/mol. The zero-order valence-corrected chi connectivity index (χ0v) is 27.2. The lowest BCUT2D eigenvalue weighted by Gasteiger charge is -2.26. The minimum Gasteiger partial charge on any atom is -0.374 e. The number of hydrogen-bond acceptors (Lipinski definition) is 10. The second-order valence-electron chi connectivity index (χ2n) is 10.4. The standard InChI is InChI=1S/2C14H28N4O2/c1-8-12(9(2)3)17-18-13(10(4)19-6)15-16-14(18)11(5)20-7;1-7-9-12(8-2)17-18-13(10(3)19-5)15-16-14(18)11(4)20-6/h9-12,17H,8H2,1-7H3;10-12,17H,7-9H2,1-6H3/t2*10-,11-,12?/m00/s1. The second kappa shape index (κ2) is 18.2. The summed E-state index contributed by atoms with van der Waals surface area (Å²) in [6, 6.07) is 0.734. The molecule has 0 aliphatic rings. The van der Waals surface area contributed by atoms with Gasteiger partial charge in [-0.1, -0.05) is 41.0 Å². The number of methoxy groups -OCH3 is 4. The van der Waals surface area contributed by atoms with Crippen LogP contribution in [0.2, 0.25) is 0 Å². The van der Waals surface area contributed by atoms with E-state index in [4.69, 9.17) is 18.9 Å². The Labute approximate surface area is 241 Å². The fourth-order valence-electron chi connectivity index (χ4n) is 4.13. The van der Waals surface area contributed by atoms with Gasteiger partial charge in [0.05, 0.1) is 0 Å². The molecule has 12 nitrogen and oxygen atoms in total. The number of ether oxygens (including phenoxy) is 4. The Hall–Kier alpha value is -2.28. The van der Waals surface area contributed by atoms with E-state index >= 15 is 0 Å². The van der Waals surface area contributed by atoms with Gasteiger partial charge in [-0.3, -0.25) is 0 Å². The predicted octanol–water partition coefficient (Wildman–Crippen LogP) is 5.49. The highest BCUT2D eigenvalue weighted by atomic mass is 16.5. The molecular formula is C28H56N8O4. The van der Waals surface area contributed by atoms with Crippen molar-refractivity contribution in [3.05, 3.63) is 23.3 Å². The van der Waals surface area contributed by atoms with Crippen molar-refractivity contribution >= 4 is 0 Å². The summed E-state index contributed by atoms with van der Waals surface area (Å²) in [6.07, 6.45) is 3.83. The molecule has 2 rings (SSSR count). The molecule has 2 heterocycles. The van der Waals surface area contributed by atoms with E-state index in [1.807, 2.05) is 37.0 Å². The van der Waals surface area contributed by atoms with Crippen molar-refractivity contribution in [1.82, 2.24) is 29.7 Å². The van der Waals surface area contributed by atoms with Gasteiger partial charge in [0.2, 0.25) is 0 Å². The van der Waals surface area contributed by atoms with Gasteiger partial charge >= 0.3 is 0 Å². The van der Waals surface area contributed by atoms with Crippen LogP contribution in [-0.2, 0) is 18.9 Å². The number of nitrogens with one attached hydrogen (secondary N) is 2. The van der Waals surface area contributed by atoms with Crippen LogP contribution in [0.4, 0.5) is 0 Å². The maximum absolute atomic E-state index is 5.38. The lowest BCUT2D eigenvalue weighted by atomic mass is 10.0. The smallest absolute Gasteiger partial charge is 0.180 e. The average Bonchev–Trinajstić information content (AvgIpc) is 3.58. The molecule has 0 saturated carbocycles. The third-order valence-corrected chi connectivity index (χ3v) is 7.28. The molecule has 0 bridgehead atoms. The molecule has 0 radical (unpaired) electrons. The van der Waals surface area contributed by atoms with Gasteiger partial charge in [-0.25, -0.2) is 9.35 Å². The summed E-state index contributed by atoms with van der Waals surface area (Å²) in [5.74, 6) is 3.61. The van der Waals surface area contributed by atoms with Gasteiger partial charge in [0.15, 0.2) is 23.3 Å². The van der Waals surface area contributed by atoms with Gasteiger partial charge in [-0.05, 0) is 52.9 Å². The van der Waals surface area contributed by atoms with Gasteiger partial charge in [0, 0.05) is 40.5 Å². The van der Waals surface area contributed by atoms with Gasteiger partial charge in [-0.2, -0.15) is 0 Å². The van der Waals surface area contributed by atoms with Crippen LogP contribution < -0.4 is 10.9 Å². The van der Waals surface area contributed by atoms with Crippen molar-refractivity contribution in [1.29, 1.82) is 0 Å². The van der Waals surface area contributed by atoms with Crippen molar-refractivity contribution in [3.8, 4) is 0 Å². The summed E-state index contributed by atoms with van der Waals surface area (Å²) >= 11 is 0. The van der Waals surface area contributed by atoms with E-state index in [0.29, 0.717) is 18.0 Å². The fraction of sp³-hybridized carbons (Fsp3) is 0.857. The van der Waals surface area contributed by atoms with Crippen molar-refractivity contribution in [2.24, 2.45) is 5.92 Å². The first-order valence-electron chi connectivity index (χ1n) is 14.6. The lowest BCUT2D eigenvalue weighted by Crippen LogP contribution is -2.35. The number of aromatic nitrogens is 6. The van der Waals surface area contributed by atoms with Gasteiger partial charge in [0.25, 0.3) is 0 Å². The summed E-state index contributed by atoms with van der Waals surface area (Å²) in [4.78, 5) is 0. The number of rotatable bonds is 17. The topological polar surface area (TPSA) is 122 Å². The highest BCUT2D eigenvalue weighted by Gasteiger charge is 2.24. The third kappa shape index (κ3) is 9.67. The summed E-state index contributed by atoms with van der Waals surface area (Å²) in [5, 5.41) is 17.0. The van der Waals surface area contributed by atoms with E-state index in [1.54, 1.807) is 28.4 Å². The van der Waals surface area contributed by atoms with Crippen LogP contribution in [0.15, 0.2) is 0 Å². The normalized spacial score (nSPS) is 16.1. The molecule has 40 heavy (non-hydrogen) atoms. The molecule has 2 unspecified atom stereocenters. The van der Waals surface area contributed by atoms with Gasteiger partial charge < -0.3 is 29.8 Å². The van der Waals surface area contributed by atoms with Crippen molar-refractivity contribution in [3.63, 3.8) is 0 Å². The first-order chi connectivity index (χ1) is 19.0. The van der Waals surface area contributed by atoms with Crippen molar-refractivity contribution in [2.45, 2.75) is 124 Å². The fourth-order valence-corrected chi connectivity index (χ4v) is 4.13. The van der Waals surface area contributed by atoms with Gasteiger partial charge in [-0.15, -0.1) is 20.4 Å². The van der Waals surface area contributed by atoms with Crippen LogP contribution in [0, 0.1) is 5.92 Å². The molecule has 0 saturated heterocycles. The summed E-state index contributed by atoms with van der Waals surface area (Å²) < 4.78 is 25.4. The molecule has 2 aromatic rings. The van der Waals surface area contributed by atoms with E-state index in [2.05, 4.69) is 65.9 Å². The first-order valence-corrected chi connectivity index (χ1v) is 14.6. The summed E-state index contributed by atoms with van der Waals surface area (Å²) in [5.41, 5.74) is 7.02. The van der Waals surface area contributed by atoms with E-state index in [1.165, 1.54) is 0 Å². The Morgan fingerprint density at radius 1 is 0.575 bits per heavy atom. The van der Waals surface area contributed by atoms with Crippen LogP contribution in [-0.4, -0.2) is 70.3 Å². The second-order valence-corrected chi connectivity index (χ2v) is 10.4. The van der Waals surface area contributed by atoms with Crippen molar-refractivity contribution < 1.29 is 18.9 Å². The molecule has 0 aliphatic heterocycles. The zero-order chi connectivity index (χ0) is 30.4. The molecule has 0 fully saturated rings. The number of hydrogen-bond donors (Lipinski definition) is 2. The van der Waals surface area contributed by atoms with E-state index in [9.17, 15) is 0 Å². The molecular weight excluding hydrogens is 512 g/mol. The molecule has 0 spiro atoms. The molecule has 2 aromatic heterocycles. The largest absolute Gasteiger partial charge is 0.374 e. The zero-order valence-electron chi connectivity index (χ0n) is 27.2. The van der Waals surface area contributed by atoms with Crippen LogP contribution in [0.1, 0.15) is 136 Å². The third-order valence-electron chi connectivity index (χ3n) is 7.28. The van der Waals surface area contributed by atoms with Crippen LogP contribution in [0.3, 0.4) is 0 Å². The average molecular weight is 569 g/mol. The maximum atomic E-state index is 5.38. The maximum Gasteiger partial charge on any atom is 0.180 e. The van der Waals surface area contributed by atoms with E-state index in [-0.39, 0.29) is 24.4 Å². The van der Waals surface area contributed by atoms with Crippen LogP contribution in [0.5, 0.6) is 0 Å². The minimum atomic E-state index is -0.127. The van der Waals surface area contributed by atoms with E-state index in [0.717, 1.165) is 49.0 Å². The molecule has 12 heteroatoms. The van der Waals surface area contributed by atoms with Crippen LogP contribution in [0.25, 0.3) is 0 Å². The van der Waals surface area contributed by atoms with Crippen molar-refractivity contribution in [2.75, 3.05) is 39.3 Å². The van der Waals surface area contributed by atoms with Crippen LogP contribution >= 0.6 is 0 Å². The van der Waals surface area contributed by atoms with Gasteiger partial charge in [0.1, 0.15) is 24.4 Å². The minimum absolute atomic E-state index is 0.119. The first kappa shape index (κ1) is 35.7. The molecule has 0 amide bonds. The lowest BCUT2D eigenvalue weighted by molar-refractivity contribution is 0.101. The highest BCUT2D eigenvalue weighted by Crippen LogP contribution is 2.22. The Morgan fingerprint density at radius 2 is 0.925 bits per heavy atom. The summed E-state index contributed by atoms with van der Waals surface area (Å²) in [7, 11) is 6.69. The Balaban J connectivity index is 0.000000400. The Morgan fingerprint density at radius 3 is 1.18 bits per heavy atom. The SMILES string of the molecule is CCC(Nn1c([C@H](C)OC)nnc1[C@H](C)OC)C(C)C.CCCC(CC)Nn1c([C@H](C)OC)nnc1[C@H](C)OC. The highest BCUT2D eigenvalue weighted by molar-refractivity contribution is 5.07. The monoisotopic (exact) mass is 568 g/mol. The quantitative estimate of drug-likeness (QED) is 0.253. The van der Waals surface area contributed by atoms with E-state index < -0.39 is 0 Å². The molecule has 0 aliphatic carbocycles. The Bertz CT molecular complexity index is 896. The summed E-state index contributed by atoms with van der Waals surface area (Å²) in [6.45, 7) is 18.8.